The van der Waals surface area contributed by atoms with E-state index in [2.05, 4.69) is 15.0 Å². The molecule has 2 aromatic rings. The van der Waals surface area contributed by atoms with E-state index < -0.39 is 44.7 Å². The van der Waals surface area contributed by atoms with Crippen LogP contribution in [0.15, 0.2) is 24.8 Å². The van der Waals surface area contributed by atoms with Crippen LogP contribution in [0.25, 0.3) is 11.2 Å². The summed E-state index contributed by atoms with van der Waals surface area (Å²) >= 11 is 0. The summed E-state index contributed by atoms with van der Waals surface area (Å²) in [5.41, 5.74) is 6.84. The highest BCUT2D eigenvalue weighted by atomic mass is 31.2. The molecule has 0 spiro atoms. The van der Waals surface area contributed by atoms with Crippen molar-refractivity contribution in [1.82, 2.24) is 19.5 Å². The zero-order valence-electron chi connectivity index (χ0n) is 21.5. The van der Waals surface area contributed by atoms with Crippen molar-refractivity contribution in [2.45, 2.75) is 59.5 Å². The molecule has 0 saturated heterocycles. The first-order valence-corrected chi connectivity index (χ1v) is 12.9. The zero-order chi connectivity index (χ0) is 28.9. The molecule has 0 aromatic carbocycles. The lowest BCUT2D eigenvalue weighted by Gasteiger charge is -2.22. The maximum atomic E-state index is 12.9. The molecule has 0 aliphatic carbocycles. The van der Waals surface area contributed by atoms with Crippen molar-refractivity contribution < 1.29 is 52.4 Å². The topological polar surface area (TPSA) is 225 Å². The van der Waals surface area contributed by atoms with Gasteiger partial charge in [0.25, 0.3) is 0 Å². The highest BCUT2D eigenvalue weighted by molar-refractivity contribution is 7.53. The maximum absolute atomic E-state index is 12.9. The number of hydrogen-bond donors (Lipinski definition) is 3. The molecule has 2 aromatic heterocycles. The van der Waals surface area contributed by atoms with E-state index in [4.69, 9.17) is 39.2 Å². The van der Waals surface area contributed by atoms with Crippen molar-refractivity contribution in [2.24, 2.45) is 0 Å². The Morgan fingerprint density at radius 3 is 2.24 bits per heavy atom. The Morgan fingerprint density at radius 2 is 1.68 bits per heavy atom. The Morgan fingerprint density at radius 1 is 1.05 bits per heavy atom. The minimum absolute atomic E-state index is 0.284. The molecule has 17 heteroatoms. The molecule has 4 N–H and O–H groups in total. The van der Waals surface area contributed by atoms with Crippen molar-refractivity contribution in [2.75, 3.05) is 18.9 Å². The number of ether oxygens (including phenoxy) is 3. The van der Waals surface area contributed by atoms with E-state index >= 15 is 0 Å². The lowest BCUT2D eigenvalue weighted by Crippen LogP contribution is -2.20. The third-order valence-electron chi connectivity index (χ3n) is 3.90. The van der Waals surface area contributed by atoms with Crippen LogP contribution < -0.4 is 5.73 Å². The number of fused-ring (bicyclic) bond motifs is 1. The summed E-state index contributed by atoms with van der Waals surface area (Å²) in [6.07, 6.45) is 1.65. The number of nitrogen functional groups attached to an aromatic ring is 1. The monoisotopic (exact) mass is 561 g/mol. The van der Waals surface area contributed by atoms with E-state index in [1.54, 1.807) is 45.5 Å². The molecule has 38 heavy (non-hydrogen) atoms. The van der Waals surface area contributed by atoms with E-state index in [9.17, 15) is 18.9 Å². The number of nitrogens with zero attached hydrogens (tertiary/aromatic N) is 4. The van der Waals surface area contributed by atoms with Gasteiger partial charge in [0.2, 0.25) is 6.79 Å². The molecule has 212 valence electrons. The second kappa shape index (κ2) is 15.6. The van der Waals surface area contributed by atoms with Crippen LogP contribution in [0.2, 0.25) is 0 Å². The first-order chi connectivity index (χ1) is 17.7. The smallest absolute Gasteiger partial charge is 0.478 e. The van der Waals surface area contributed by atoms with Crippen LogP contribution in [0.5, 0.6) is 0 Å². The van der Waals surface area contributed by atoms with Gasteiger partial charge in [-0.15, -0.1) is 0 Å². The number of hydrogen-bond acceptors (Lipinski definition) is 13. The SMILES string of the molecule is CC(C)OC(=O)OCOP(=O)(COC(C)Cn1cnc2c(N)ncnc21)OC(C)C.O=C(O)C=CC(=O)O. The van der Waals surface area contributed by atoms with E-state index in [0.29, 0.717) is 29.9 Å². The molecular formula is C21H32N5O11P. The van der Waals surface area contributed by atoms with Gasteiger partial charge in [0.05, 0.1) is 31.2 Å². The number of aliphatic carboxylic acids is 2. The molecule has 16 nitrogen and oxygen atoms in total. The Kier molecular flexibility index (Phi) is 13.3. The fraction of sp³-hybridized carbons (Fsp3) is 0.524. The van der Waals surface area contributed by atoms with Crippen molar-refractivity contribution in [1.29, 1.82) is 0 Å². The molecule has 0 amide bonds. The van der Waals surface area contributed by atoms with Gasteiger partial charge in [-0.1, -0.05) is 0 Å². The molecular weight excluding hydrogens is 529 g/mol. The summed E-state index contributed by atoms with van der Waals surface area (Å²) in [6.45, 7) is 8.32. The maximum Gasteiger partial charge on any atom is 0.510 e. The van der Waals surface area contributed by atoms with E-state index in [0.717, 1.165) is 0 Å². The molecule has 0 bridgehead atoms. The predicted molar refractivity (Wildman–Crippen MR) is 132 cm³/mol. The van der Waals surface area contributed by atoms with Crippen LogP contribution >= 0.6 is 7.60 Å². The van der Waals surface area contributed by atoms with Gasteiger partial charge >= 0.3 is 25.7 Å². The van der Waals surface area contributed by atoms with Crippen molar-refractivity contribution in [3.8, 4) is 0 Å². The minimum atomic E-state index is -3.69. The third-order valence-corrected chi connectivity index (χ3v) is 5.61. The minimum Gasteiger partial charge on any atom is -0.478 e. The Labute approximate surface area is 218 Å². The molecule has 0 fully saturated rings. The number of anilines is 1. The summed E-state index contributed by atoms with van der Waals surface area (Å²) in [5, 5.41) is 15.6. The normalized spacial score (nSPS) is 13.7. The highest BCUT2D eigenvalue weighted by Crippen LogP contribution is 2.49. The van der Waals surface area contributed by atoms with Crippen LogP contribution in [-0.2, 0) is 44.0 Å². The second-order valence-corrected chi connectivity index (χ2v) is 9.97. The number of carbonyl (C=O) groups excluding carboxylic acids is 1. The fourth-order valence-electron chi connectivity index (χ4n) is 2.52. The average Bonchev–Trinajstić information content (AvgIpc) is 3.20. The molecule has 0 saturated carbocycles. The van der Waals surface area contributed by atoms with Crippen LogP contribution in [0, 0.1) is 0 Å². The van der Waals surface area contributed by atoms with Crippen molar-refractivity contribution in [3.05, 3.63) is 24.8 Å². The van der Waals surface area contributed by atoms with Gasteiger partial charge in [-0.3, -0.25) is 9.09 Å². The fourth-order valence-corrected chi connectivity index (χ4v) is 4.01. The van der Waals surface area contributed by atoms with E-state index in [1.165, 1.54) is 6.33 Å². The number of carboxylic acid groups (broad SMARTS) is 2. The van der Waals surface area contributed by atoms with Gasteiger partial charge in [0.15, 0.2) is 11.5 Å². The number of aromatic nitrogens is 4. The van der Waals surface area contributed by atoms with Gasteiger partial charge < -0.3 is 39.2 Å². The van der Waals surface area contributed by atoms with Gasteiger partial charge in [-0.25, -0.2) is 29.3 Å². The Bertz CT molecular complexity index is 1140. The van der Waals surface area contributed by atoms with Gasteiger partial charge in [-0.05, 0) is 34.6 Å². The summed E-state index contributed by atoms with van der Waals surface area (Å²) in [5.74, 6) is -2.23. The summed E-state index contributed by atoms with van der Waals surface area (Å²) in [6, 6.07) is 0. The molecule has 2 unspecified atom stereocenters. The number of rotatable bonds is 13. The quantitative estimate of drug-likeness (QED) is 0.138. The number of carbonyl (C=O) groups is 3. The average molecular weight is 561 g/mol. The molecule has 2 atom stereocenters. The number of imidazole rings is 1. The molecule has 0 radical (unpaired) electrons. The Balaban J connectivity index is 0.000000781. The standard InChI is InChI=1S/C17H28N5O7P.C4H4O4/c1-11(2)28-17(23)25-9-27-30(24,29-12(3)4)10-26-13(5)6-22-8-21-14-15(18)19-7-20-16(14)22;5-3(6)1-2-4(7)8/h7-8,11-13H,6,9-10H2,1-5H3,(H2,18,19,20);1-2H,(H,5,6)(H,7,8). The zero-order valence-corrected chi connectivity index (χ0v) is 22.4. The third kappa shape index (κ3) is 12.6. The Hall–Kier alpha value is -3.59. The largest absolute Gasteiger partial charge is 0.510 e. The lowest BCUT2D eigenvalue weighted by molar-refractivity contribution is -0.134. The first-order valence-electron chi connectivity index (χ1n) is 11.1. The van der Waals surface area contributed by atoms with Gasteiger partial charge in [-0.2, -0.15) is 0 Å². The summed E-state index contributed by atoms with van der Waals surface area (Å²) < 4.78 is 40.5. The summed E-state index contributed by atoms with van der Waals surface area (Å²) in [7, 11) is -3.69. The molecule has 2 rings (SSSR count). The number of nitrogens with two attached hydrogens (primary N) is 1. The molecule has 2 heterocycles. The molecule has 0 aliphatic heterocycles. The predicted octanol–water partition coefficient (Wildman–Crippen LogP) is 2.64. The van der Waals surface area contributed by atoms with Gasteiger partial charge in [0, 0.05) is 12.2 Å². The molecule has 0 aliphatic rings. The second-order valence-electron chi connectivity index (χ2n) is 8.02. The summed E-state index contributed by atoms with van der Waals surface area (Å²) in [4.78, 5) is 42.8. The van der Waals surface area contributed by atoms with E-state index in [-0.39, 0.29) is 18.3 Å². The lowest BCUT2D eigenvalue weighted by atomic mass is 10.4. The van der Waals surface area contributed by atoms with E-state index in [1.807, 2.05) is 0 Å². The van der Waals surface area contributed by atoms with Crippen molar-refractivity contribution in [3.63, 3.8) is 0 Å². The highest BCUT2D eigenvalue weighted by Gasteiger charge is 2.29. The van der Waals surface area contributed by atoms with Crippen LogP contribution in [0.1, 0.15) is 34.6 Å². The van der Waals surface area contributed by atoms with Crippen LogP contribution in [-0.4, -0.2) is 79.3 Å². The van der Waals surface area contributed by atoms with Crippen LogP contribution in [0.3, 0.4) is 0 Å². The van der Waals surface area contributed by atoms with Gasteiger partial charge in [0.1, 0.15) is 18.2 Å². The van der Waals surface area contributed by atoms with Crippen LogP contribution in [0.4, 0.5) is 10.6 Å². The van der Waals surface area contributed by atoms with Crippen molar-refractivity contribution >= 4 is 42.7 Å². The first kappa shape index (κ1) is 32.4. The number of carboxylic acids is 2.